The first-order valence-corrected chi connectivity index (χ1v) is 10.0. The molecule has 6 heteroatoms. The van der Waals surface area contributed by atoms with Gasteiger partial charge in [0.1, 0.15) is 17.1 Å². The van der Waals surface area contributed by atoms with Crippen molar-refractivity contribution in [1.82, 2.24) is 4.98 Å². The number of aromatic amines is 1. The lowest BCUT2D eigenvalue weighted by molar-refractivity contribution is 0.102. The second-order valence-electron chi connectivity index (χ2n) is 7.11. The highest BCUT2D eigenvalue weighted by Crippen LogP contribution is 2.26. The van der Waals surface area contributed by atoms with Crippen LogP contribution in [0.3, 0.4) is 0 Å². The van der Waals surface area contributed by atoms with Crippen molar-refractivity contribution in [1.29, 1.82) is 0 Å². The summed E-state index contributed by atoms with van der Waals surface area (Å²) < 4.78 is 10.4. The maximum absolute atomic E-state index is 12.7. The van der Waals surface area contributed by atoms with E-state index in [1.54, 1.807) is 24.3 Å². The normalized spacial score (nSPS) is 10.4. The van der Waals surface area contributed by atoms with Gasteiger partial charge in [-0.05, 0) is 28.8 Å². The fourth-order valence-electron chi connectivity index (χ4n) is 3.37. The van der Waals surface area contributed by atoms with Gasteiger partial charge in [-0.25, -0.2) is 0 Å². The number of rotatable bonds is 6. The van der Waals surface area contributed by atoms with E-state index in [0.29, 0.717) is 22.9 Å². The maximum atomic E-state index is 12.7. The number of benzene rings is 3. The number of anilines is 1. The van der Waals surface area contributed by atoms with Crippen LogP contribution in [0, 0.1) is 0 Å². The van der Waals surface area contributed by atoms with Gasteiger partial charge < -0.3 is 19.8 Å². The number of amides is 1. The van der Waals surface area contributed by atoms with Crippen molar-refractivity contribution in [3.8, 4) is 33.9 Å². The number of hydrogen-bond donors (Lipinski definition) is 2. The Bertz CT molecular complexity index is 1270. The third-order valence-electron chi connectivity index (χ3n) is 5.07. The molecule has 0 atom stereocenters. The van der Waals surface area contributed by atoms with E-state index >= 15 is 0 Å². The molecular formula is C26H22N2O4. The summed E-state index contributed by atoms with van der Waals surface area (Å²) in [6.45, 7) is 0. The molecule has 32 heavy (non-hydrogen) atoms. The molecule has 2 N–H and O–H groups in total. The lowest BCUT2D eigenvalue weighted by Crippen LogP contribution is -2.23. The van der Waals surface area contributed by atoms with E-state index in [-0.39, 0.29) is 5.56 Å². The molecule has 0 aliphatic rings. The average molecular weight is 426 g/mol. The molecule has 3 aromatic carbocycles. The zero-order valence-corrected chi connectivity index (χ0v) is 17.7. The van der Waals surface area contributed by atoms with Gasteiger partial charge in [0.15, 0.2) is 0 Å². The first-order valence-electron chi connectivity index (χ1n) is 10.0. The van der Waals surface area contributed by atoms with Crippen LogP contribution >= 0.6 is 0 Å². The van der Waals surface area contributed by atoms with Crippen LogP contribution in [0.1, 0.15) is 10.4 Å². The Morgan fingerprint density at radius 1 is 0.750 bits per heavy atom. The van der Waals surface area contributed by atoms with Crippen LogP contribution in [0.5, 0.6) is 11.5 Å². The van der Waals surface area contributed by atoms with Gasteiger partial charge in [0.25, 0.3) is 11.5 Å². The first kappa shape index (κ1) is 20.9. The third-order valence-corrected chi connectivity index (χ3v) is 5.07. The third kappa shape index (κ3) is 4.54. The van der Waals surface area contributed by atoms with Crippen molar-refractivity contribution in [2.75, 3.05) is 19.5 Å². The van der Waals surface area contributed by atoms with Gasteiger partial charge in [-0.15, -0.1) is 0 Å². The second kappa shape index (κ2) is 9.22. The molecular weight excluding hydrogens is 404 g/mol. The molecule has 0 unspecified atom stereocenters. The molecule has 0 spiro atoms. The fourth-order valence-corrected chi connectivity index (χ4v) is 3.37. The molecule has 0 saturated heterocycles. The van der Waals surface area contributed by atoms with Crippen LogP contribution in [0.2, 0.25) is 0 Å². The van der Waals surface area contributed by atoms with E-state index in [9.17, 15) is 9.59 Å². The Morgan fingerprint density at radius 3 is 1.94 bits per heavy atom. The van der Waals surface area contributed by atoms with Gasteiger partial charge in [0.2, 0.25) is 0 Å². The number of hydrogen-bond acceptors (Lipinski definition) is 4. The molecule has 0 bridgehead atoms. The van der Waals surface area contributed by atoms with Gasteiger partial charge in [0, 0.05) is 29.6 Å². The maximum Gasteiger partial charge on any atom is 0.261 e. The van der Waals surface area contributed by atoms with Crippen LogP contribution in [0.4, 0.5) is 5.69 Å². The summed E-state index contributed by atoms with van der Waals surface area (Å²) in [7, 11) is 3.05. The largest absolute Gasteiger partial charge is 0.497 e. The van der Waals surface area contributed by atoms with E-state index in [2.05, 4.69) is 10.3 Å². The van der Waals surface area contributed by atoms with Crippen LogP contribution in [-0.4, -0.2) is 25.1 Å². The van der Waals surface area contributed by atoms with Crippen molar-refractivity contribution in [3.63, 3.8) is 0 Å². The molecule has 0 aliphatic heterocycles. The number of nitrogens with one attached hydrogen (secondary N) is 2. The molecule has 0 radical (unpaired) electrons. The van der Waals surface area contributed by atoms with Crippen LogP contribution in [-0.2, 0) is 0 Å². The molecule has 0 saturated carbocycles. The summed E-state index contributed by atoms with van der Waals surface area (Å²) in [5.74, 6) is 0.540. The number of carbonyl (C=O) groups excluding carboxylic acids is 1. The summed E-state index contributed by atoms with van der Waals surface area (Å²) in [6.07, 6.45) is 0. The van der Waals surface area contributed by atoms with Gasteiger partial charge >= 0.3 is 0 Å². The number of ether oxygens (including phenoxy) is 2. The minimum absolute atomic E-state index is 0.0106. The predicted molar refractivity (Wildman–Crippen MR) is 125 cm³/mol. The van der Waals surface area contributed by atoms with E-state index < -0.39 is 11.5 Å². The molecule has 0 fully saturated rings. The van der Waals surface area contributed by atoms with Gasteiger partial charge in [-0.3, -0.25) is 9.59 Å². The second-order valence-corrected chi connectivity index (χ2v) is 7.11. The molecule has 0 aliphatic carbocycles. The smallest absolute Gasteiger partial charge is 0.261 e. The number of aromatic nitrogens is 1. The zero-order valence-electron chi connectivity index (χ0n) is 17.7. The SMILES string of the molecule is COc1cc(NC(=O)c2ccc(-c3ccc(-c4ccccc4)cc3)[nH]c2=O)cc(OC)c1. The summed E-state index contributed by atoms with van der Waals surface area (Å²) in [6, 6.07) is 26.2. The quantitative estimate of drug-likeness (QED) is 0.456. The Kier molecular flexibility index (Phi) is 6.03. The molecule has 1 heterocycles. The van der Waals surface area contributed by atoms with E-state index in [4.69, 9.17) is 9.47 Å². The molecule has 1 aromatic heterocycles. The molecule has 160 valence electrons. The highest BCUT2D eigenvalue weighted by atomic mass is 16.5. The van der Waals surface area contributed by atoms with E-state index in [1.807, 2.05) is 54.6 Å². The Labute approximate surface area is 185 Å². The first-order chi connectivity index (χ1) is 15.6. The van der Waals surface area contributed by atoms with Crippen LogP contribution in [0.15, 0.2) is 89.7 Å². The number of methoxy groups -OCH3 is 2. The summed E-state index contributed by atoms with van der Waals surface area (Å²) in [5.41, 5.74) is 3.69. The Hall–Kier alpha value is -4.32. The zero-order chi connectivity index (χ0) is 22.5. The number of carbonyl (C=O) groups is 1. The highest BCUT2D eigenvalue weighted by Gasteiger charge is 2.13. The topological polar surface area (TPSA) is 80.4 Å². The minimum Gasteiger partial charge on any atom is -0.497 e. The van der Waals surface area contributed by atoms with Crippen molar-refractivity contribution in [3.05, 3.63) is 101 Å². The lowest BCUT2D eigenvalue weighted by Gasteiger charge is -2.10. The number of H-pyrrole nitrogens is 1. The molecule has 6 nitrogen and oxygen atoms in total. The van der Waals surface area contributed by atoms with Crippen molar-refractivity contribution >= 4 is 11.6 Å². The van der Waals surface area contributed by atoms with Gasteiger partial charge in [-0.2, -0.15) is 0 Å². The summed E-state index contributed by atoms with van der Waals surface area (Å²) in [4.78, 5) is 28.1. The van der Waals surface area contributed by atoms with Crippen LogP contribution in [0.25, 0.3) is 22.4 Å². The summed E-state index contributed by atoms with van der Waals surface area (Å²) >= 11 is 0. The molecule has 4 rings (SSSR count). The summed E-state index contributed by atoms with van der Waals surface area (Å²) in [5, 5.41) is 2.71. The molecule has 1 amide bonds. The predicted octanol–water partition coefficient (Wildman–Crippen LogP) is 4.98. The van der Waals surface area contributed by atoms with Crippen molar-refractivity contribution < 1.29 is 14.3 Å². The van der Waals surface area contributed by atoms with E-state index in [0.717, 1.165) is 16.7 Å². The highest BCUT2D eigenvalue weighted by molar-refractivity contribution is 6.04. The van der Waals surface area contributed by atoms with E-state index in [1.165, 1.54) is 20.3 Å². The van der Waals surface area contributed by atoms with Gasteiger partial charge in [0.05, 0.1) is 14.2 Å². The van der Waals surface area contributed by atoms with Crippen LogP contribution < -0.4 is 20.3 Å². The average Bonchev–Trinajstić information content (AvgIpc) is 2.84. The monoisotopic (exact) mass is 426 g/mol. The number of pyridine rings is 1. The lowest BCUT2D eigenvalue weighted by atomic mass is 10.0. The molecule has 4 aromatic rings. The standard InChI is InChI=1S/C26H22N2O4/c1-31-21-14-20(15-22(16-21)32-2)27-25(29)23-12-13-24(28-26(23)30)19-10-8-18(9-11-19)17-6-4-3-5-7-17/h3-16H,1-2H3,(H,27,29)(H,28,30). The van der Waals surface area contributed by atoms with Crippen molar-refractivity contribution in [2.24, 2.45) is 0 Å². The van der Waals surface area contributed by atoms with Crippen molar-refractivity contribution in [2.45, 2.75) is 0 Å². The fraction of sp³-hybridized carbons (Fsp3) is 0.0769. The Balaban J connectivity index is 1.54. The van der Waals surface area contributed by atoms with Gasteiger partial charge in [-0.1, -0.05) is 54.6 Å². The minimum atomic E-state index is -0.521. The Morgan fingerprint density at radius 2 is 1.34 bits per heavy atom.